The molecule has 1 fully saturated rings. The van der Waals surface area contributed by atoms with Crippen molar-refractivity contribution in [2.24, 2.45) is 5.11 Å². The number of nitrogens with zero attached hydrogens (tertiary/aromatic N) is 3. The summed E-state index contributed by atoms with van der Waals surface area (Å²) in [6, 6.07) is 6.48. The topological polar surface area (TPSA) is 141 Å². The van der Waals surface area contributed by atoms with Crippen LogP contribution < -0.4 is 10.1 Å². The van der Waals surface area contributed by atoms with E-state index < -0.39 is 42.5 Å². The number of nitrogens with one attached hydrogen (secondary N) is 1. The molecule has 0 spiro atoms. The molecule has 1 saturated heterocycles. The first kappa shape index (κ1) is 24.4. The summed E-state index contributed by atoms with van der Waals surface area (Å²) in [5.74, 6) is -0.223. The van der Waals surface area contributed by atoms with Crippen LogP contribution in [-0.2, 0) is 35.1 Å². The summed E-state index contributed by atoms with van der Waals surface area (Å²) >= 11 is 0. The zero-order valence-electron chi connectivity index (χ0n) is 18.0. The van der Waals surface area contributed by atoms with E-state index >= 15 is 0 Å². The van der Waals surface area contributed by atoms with E-state index in [2.05, 4.69) is 15.3 Å². The minimum Gasteiger partial charge on any atom is -0.497 e. The van der Waals surface area contributed by atoms with Gasteiger partial charge in [0.25, 0.3) is 0 Å². The van der Waals surface area contributed by atoms with Crippen molar-refractivity contribution in [1.82, 2.24) is 5.32 Å². The van der Waals surface area contributed by atoms with Gasteiger partial charge in [-0.3, -0.25) is 9.59 Å². The number of amides is 1. The number of hydrogen-bond acceptors (Lipinski definition) is 8. The molecular weight excluding hydrogens is 408 g/mol. The highest BCUT2D eigenvalue weighted by atomic mass is 16.6. The highest BCUT2D eigenvalue weighted by molar-refractivity contribution is 5.73. The van der Waals surface area contributed by atoms with Crippen LogP contribution in [0.5, 0.6) is 5.75 Å². The van der Waals surface area contributed by atoms with Crippen LogP contribution in [0, 0.1) is 0 Å². The molecule has 0 aromatic heterocycles. The largest absolute Gasteiger partial charge is 0.497 e. The molecule has 1 amide bonds. The number of rotatable bonds is 10. The first-order chi connectivity index (χ1) is 14.9. The fraction of sp³-hybridized carbons (Fsp3) is 0.600. The Morgan fingerprint density at radius 1 is 1.23 bits per heavy atom. The van der Waals surface area contributed by atoms with E-state index in [0.29, 0.717) is 13.2 Å². The number of azide groups is 1. The zero-order valence-corrected chi connectivity index (χ0v) is 18.0. The maximum absolute atomic E-state index is 11.7. The second-order valence-corrected chi connectivity index (χ2v) is 6.85. The van der Waals surface area contributed by atoms with Crippen molar-refractivity contribution in [3.8, 4) is 5.75 Å². The summed E-state index contributed by atoms with van der Waals surface area (Å²) in [6.45, 7) is 5.02. The maximum atomic E-state index is 11.7. The Morgan fingerprint density at radius 3 is 2.48 bits per heavy atom. The number of esters is 1. The quantitative estimate of drug-likeness (QED) is 0.256. The van der Waals surface area contributed by atoms with Gasteiger partial charge in [-0.1, -0.05) is 17.2 Å². The lowest BCUT2D eigenvalue weighted by atomic mass is 9.95. The van der Waals surface area contributed by atoms with Gasteiger partial charge in [0.15, 0.2) is 12.3 Å². The van der Waals surface area contributed by atoms with Gasteiger partial charge in [0.05, 0.1) is 20.3 Å². The molecule has 0 bridgehead atoms. The average molecular weight is 436 g/mol. The van der Waals surface area contributed by atoms with Gasteiger partial charge in [-0.2, -0.15) is 0 Å². The summed E-state index contributed by atoms with van der Waals surface area (Å²) in [7, 11) is 1.59. The Labute approximate surface area is 180 Å². The number of ether oxygens (including phenoxy) is 5. The Kier molecular flexibility index (Phi) is 9.54. The molecule has 1 aromatic rings. The van der Waals surface area contributed by atoms with E-state index in [9.17, 15) is 9.59 Å². The molecule has 11 nitrogen and oxygen atoms in total. The number of carbonyl (C=O) groups excluding carboxylic acids is 2. The highest BCUT2D eigenvalue weighted by Gasteiger charge is 2.48. The summed E-state index contributed by atoms with van der Waals surface area (Å²) in [5.41, 5.74) is 9.87. The molecule has 11 heteroatoms. The van der Waals surface area contributed by atoms with E-state index in [1.165, 1.54) is 13.8 Å². The summed E-state index contributed by atoms with van der Waals surface area (Å²) in [5, 5.41) is 6.27. The monoisotopic (exact) mass is 436 g/mol. The summed E-state index contributed by atoms with van der Waals surface area (Å²) in [4.78, 5) is 26.2. The number of methoxy groups -OCH3 is 1. The maximum Gasteiger partial charge on any atom is 0.303 e. The van der Waals surface area contributed by atoms with E-state index in [1.54, 1.807) is 14.0 Å². The third-order valence-electron chi connectivity index (χ3n) is 4.57. The molecular formula is C20H28N4O7. The molecule has 2 unspecified atom stereocenters. The SMILES string of the molecule is CCO[C@@H]1C(COCc2ccc(OC)cc2)O[C@@H](N=[N+]=[N-])C(NC(C)=O)[C@H]1OC(C)=O. The standard InChI is InChI=1S/C20H28N4O7/c1-5-29-18-16(11-28-10-14-6-8-15(27-4)9-7-14)31-20(23-24-21)17(22-12(2)25)19(18)30-13(3)26/h6-9,16-20H,5,10-11H2,1-4H3,(H,22,25)/t16?,17?,18-,19-,20-/m1/s1. The lowest BCUT2D eigenvalue weighted by Crippen LogP contribution is -2.65. The molecule has 0 radical (unpaired) electrons. The van der Waals surface area contributed by atoms with Gasteiger partial charge in [0, 0.05) is 25.4 Å². The predicted molar refractivity (Wildman–Crippen MR) is 109 cm³/mol. The molecule has 5 atom stereocenters. The molecule has 170 valence electrons. The summed E-state index contributed by atoms with van der Waals surface area (Å²) in [6.07, 6.45) is -3.49. The second-order valence-electron chi connectivity index (χ2n) is 6.85. The van der Waals surface area contributed by atoms with Crippen LogP contribution in [0.3, 0.4) is 0 Å². The first-order valence-electron chi connectivity index (χ1n) is 9.85. The molecule has 31 heavy (non-hydrogen) atoms. The van der Waals surface area contributed by atoms with Gasteiger partial charge in [-0.15, -0.1) is 0 Å². The smallest absolute Gasteiger partial charge is 0.303 e. The van der Waals surface area contributed by atoms with Crippen molar-refractivity contribution in [1.29, 1.82) is 0 Å². The Balaban J connectivity index is 2.19. The van der Waals surface area contributed by atoms with Gasteiger partial charge < -0.3 is 29.0 Å². The lowest BCUT2D eigenvalue weighted by molar-refractivity contribution is -0.223. The molecule has 1 aromatic carbocycles. The molecule has 1 N–H and O–H groups in total. The van der Waals surface area contributed by atoms with Crippen LogP contribution in [0.25, 0.3) is 10.4 Å². The van der Waals surface area contributed by atoms with E-state index in [4.69, 9.17) is 29.2 Å². The van der Waals surface area contributed by atoms with Gasteiger partial charge >= 0.3 is 5.97 Å². The predicted octanol–water partition coefficient (Wildman–Crippen LogP) is 2.09. The Morgan fingerprint density at radius 2 is 1.94 bits per heavy atom. The van der Waals surface area contributed by atoms with E-state index in [-0.39, 0.29) is 6.61 Å². The van der Waals surface area contributed by atoms with Crippen LogP contribution in [0.15, 0.2) is 29.4 Å². The van der Waals surface area contributed by atoms with Crippen LogP contribution in [0.2, 0.25) is 0 Å². The third kappa shape index (κ3) is 7.11. The molecule has 1 heterocycles. The number of hydrogen-bond donors (Lipinski definition) is 1. The van der Waals surface area contributed by atoms with E-state index in [0.717, 1.165) is 11.3 Å². The fourth-order valence-electron chi connectivity index (χ4n) is 3.33. The van der Waals surface area contributed by atoms with Crippen molar-refractivity contribution in [3.05, 3.63) is 40.3 Å². The second kappa shape index (κ2) is 12.1. The first-order valence-corrected chi connectivity index (χ1v) is 9.85. The normalized spacial score (nSPS) is 25.2. The van der Waals surface area contributed by atoms with Gasteiger partial charge in [-0.25, -0.2) is 0 Å². The van der Waals surface area contributed by atoms with Crippen LogP contribution in [0.1, 0.15) is 26.3 Å². The van der Waals surface area contributed by atoms with Crippen molar-refractivity contribution < 1.29 is 33.3 Å². The lowest BCUT2D eigenvalue weighted by Gasteiger charge is -2.44. The molecule has 0 aliphatic carbocycles. The Bertz CT molecular complexity index is 782. The van der Waals surface area contributed by atoms with Crippen LogP contribution in [0.4, 0.5) is 0 Å². The highest BCUT2D eigenvalue weighted by Crippen LogP contribution is 2.28. The third-order valence-corrected chi connectivity index (χ3v) is 4.57. The minimum absolute atomic E-state index is 0.0820. The van der Waals surface area contributed by atoms with Crippen molar-refractivity contribution in [2.75, 3.05) is 20.3 Å². The van der Waals surface area contributed by atoms with Gasteiger partial charge in [0.1, 0.15) is 24.0 Å². The van der Waals surface area contributed by atoms with Crippen LogP contribution >= 0.6 is 0 Å². The number of benzene rings is 1. The molecule has 0 saturated carbocycles. The fourth-order valence-corrected chi connectivity index (χ4v) is 3.33. The molecule has 1 aliphatic rings. The van der Waals surface area contributed by atoms with Gasteiger partial charge in [0.2, 0.25) is 5.91 Å². The zero-order chi connectivity index (χ0) is 22.8. The van der Waals surface area contributed by atoms with Crippen molar-refractivity contribution in [2.45, 2.75) is 58.0 Å². The van der Waals surface area contributed by atoms with E-state index in [1.807, 2.05) is 24.3 Å². The van der Waals surface area contributed by atoms with Gasteiger partial charge in [-0.05, 0) is 30.2 Å². The van der Waals surface area contributed by atoms with Crippen molar-refractivity contribution in [3.63, 3.8) is 0 Å². The molecule has 2 rings (SSSR count). The number of carbonyl (C=O) groups is 2. The minimum atomic E-state index is -1.11. The molecule has 1 aliphatic heterocycles. The average Bonchev–Trinajstić information content (AvgIpc) is 2.73. The van der Waals surface area contributed by atoms with Crippen molar-refractivity contribution >= 4 is 11.9 Å². The summed E-state index contributed by atoms with van der Waals surface area (Å²) < 4.78 is 28.1. The van der Waals surface area contributed by atoms with Crippen LogP contribution in [-0.4, -0.2) is 62.8 Å². The Hall–Kier alpha value is -2.85.